The molecule has 0 aliphatic heterocycles. The molecule has 36 heavy (non-hydrogen) atoms. The van der Waals surface area contributed by atoms with Crippen molar-refractivity contribution < 1.29 is 22.7 Å². The molecule has 0 radical (unpaired) electrons. The number of hydrogen-bond acceptors (Lipinski definition) is 5. The van der Waals surface area contributed by atoms with Crippen LogP contribution in [0.5, 0.6) is 5.75 Å². The van der Waals surface area contributed by atoms with Crippen LogP contribution in [0.25, 0.3) is 0 Å². The van der Waals surface area contributed by atoms with Crippen LogP contribution in [0.15, 0.2) is 42.5 Å². The van der Waals surface area contributed by atoms with Gasteiger partial charge in [-0.1, -0.05) is 54.2 Å². The number of ether oxygens (including phenoxy) is 1. The van der Waals surface area contributed by atoms with Gasteiger partial charge in [-0.15, -0.1) is 0 Å². The van der Waals surface area contributed by atoms with E-state index in [4.69, 9.17) is 27.9 Å². The van der Waals surface area contributed by atoms with Crippen molar-refractivity contribution in [3.8, 4) is 5.75 Å². The fourth-order valence-corrected chi connectivity index (χ4v) is 5.52. The molecular formula is C25H31Cl2N3O5S. The van der Waals surface area contributed by atoms with E-state index in [-0.39, 0.29) is 34.2 Å². The number of nitrogens with zero attached hydrogens (tertiary/aromatic N) is 2. The quantitative estimate of drug-likeness (QED) is 0.472. The summed E-state index contributed by atoms with van der Waals surface area (Å²) in [5.74, 6) is -0.246. The molecule has 1 aliphatic rings. The Hall–Kier alpha value is -2.49. The highest BCUT2D eigenvalue weighted by Crippen LogP contribution is 2.33. The predicted molar refractivity (Wildman–Crippen MR) is 142 cm³/mol. The number of methoxy groups -OCH3 is 1. The molecule has 0 bridgehead atoms. The number of hydrogen-bond donors (Lipinski definition) is 1. The van der Waals surface area contributed by atoms with Gasteiger partial charge in [0, 0.05) is 12.6 Å². The smallest absolute Gasteiger partial charge is 0.244 e. The lowest BCUT2D eigenvalue weighted by atomic mass is 10.1. The third-order valence-electron chi connectivity index (χ3n) is 6.24. The van der Waals surface area contributed by atoms with E-state index in [0.717, 1.165) is 41.8 Å². The van der Waals surface area contributed by atoms with Crippen molar-refractivity contribution in [2.75, 3.05) is 24.2 Å². The maximum Gasteiger partial charge on any atom is 0.244 e. The first-order valence-corrected chi connectivity index (χ1v) is 14.3. The molecule has 1 atom stereocenters. The van der Waals surface area contributed by atoms with E-state index < -0.39 is 28.5 Å². The van der Waals surface area contributed by atoms with Crippen molar-refractivity contribution >= 4 is 50.7 Å². The topological polar surface area (TPSA) is 96.0 Å². The molecule has 2 aromatic carbocycles. The van der Waals surface area contributed by atoms with Crippen LogP contribution in [0, 0.1) is 0 Å². The van der Waals surface area contributed by atoms with Crippen molar-refractivity contribution in [1.82, 2.24) is 10.2 Å². The van der Waals surface area contributed by atoms with Gasteiger partial charge in [0.25, 0.3) is 0 Å². The summed E-state index contributed by atoms with van der Waals surface area (Å²) in [5, 5.41) is 3.20. The minimum atomic E-state index is -3.91. The maximum absolute atomic E-state index is 13.6. The molecule has 11 heteroatoms. The third-order valence-corrected chi connectivity index (χ3v) is 8.17. The van der Waals surface area contributed by atoms with Gasteiger partial charge in [0.05, 0.1) is 29.1 Å². The van der Waals surface area contributed by atoms with Crippen molar-refractivity contribution in [2.24, 2.45) is 0 Å². The molecule has 8 nitrogen and oxygen atoms in total. The Labute approximate surface area is 222 Å². The van der Waals surface area contributed by atoms with E-state index in [9.17, 15) is 18.0 Å². The minimum absolute atomic E-state index is 0.0174. The van der Waals surface area contributed by atoms with Gasteiger partial charge in [0.15, 0.2) is 0 Å². The highest BCUT2D eigenvalue weighted by Gasteiger charge is 2.32. The summed E-state index contributed by atoms with van der Waals surface area (Å²) in [6.07, 6.45) is 4.89. The number of halogens is 2. The summed E-state index contributed by atoms with van der Waals surface area (Å²) < 4.78 is 31.6. The van der Waals surface area contributed by atoms with E-state index in [1.165, 1.54) is 17.0 Å². The maximum atomic E-state index is 13.6. The summed E-state index contributed by atoms with van der Waals surface area (Å²) in [7, 11) is -2.37. The van der Waals surface area contributed by atoms with Gasteiger partial charge in [-0.25, -0.2) is 8.42 Å². The molecule has 3 rings (SSSR count). The van der Waals surface area contributed by atoms with Gasteiger partial charge in [0.2, 0.25) is 21.8 Å². The van der Waals surface area contributed by atoms with Crippen LogP contribution in [-0.4, -0.2) is 57.1 Å². The SMILES string of the molecule is COc1cccc(CN(C(=O)CN(c2cccc(Cl)c2Cl)S(C)(=O)=O)[C@@H](C)C(=O)NC2CCCC2)c1. The summed E-state index contributed by atoms with van der Waals surface area (Å²) in [5.41, 5.74) is 0.819. The molecule has 2 amide bonds. The number of rotatable bonds is 10. The number of carbonyl (C=O) groups excluding carboxylic acids is 2. The fourth-order valence-electron chi connectivity index (χ4n) is 4.22. The fraction of sp³-hybridized carbons (Fsp3) is 0.440. The number of nitrogens with one attached hydrogen (secondary N) is 1. The molecule has 0 saturated heterocycles. The number of anilines is 1. The van der Waals surface area contributed by atoms with E-state index in [1.54, 1.807) is 38.3 Å². The molecule has 1 aliphatic carbocycles. The highest BCUT2D eigenvalue weighted by atomic mass is 35.5. The van der Waals surface area contributed by atoms with Crippen LogP contribution in [0.2, 0.25) is 10.0 Å². The monoisotopic (exact) mass is 555 g/mol. The van der Waals surface area contributed by atoms with Gasteiger partial charge in [-0.2, -0.15) is 0 Å². The largest absolute Gasteiger partial charge is 0.497 e. The Balaban J connectivity index is 1.92. The summed E-state index contributed by atoms with van der Waals surface area (Å²) in [6, 6.07) is 10.9. The van der Waals surface area contributed by atoms with Gasteiger partial charge < -0.3 is 15.0 Å². The molecule has 0 spiro atoms. The second kappa shape index (κ2) is 12.2. The summed E-state index contributed by atoms with van der Waals surface area (Å²) in [4.78, 5) is 28.1. The zero-order valence-electron chi connectivity index (χ0n) is 20.5. The number of benzene rings is 2. The number of sulfonamides is 1. The lowest BCUT2D eigenvalue weighted by molar-refractivity contribution is -0.139. The predicted octanol–water partition coefficient (Wildman–Crippen LogP) is 4.24. The Bertz CT molecular complexity index is 1200. The molecular weight excluding hydrogens is 525 g/mol. The average Bonchev–Trinajstić information content (AvgIpc) is 3.35. The second-order valence-electron chi connectivity index (χ2n) is 8.88. The molecule has 196 valence electrons. The first-order chi connectivity index (χ1) is 17.0. The Morgan fingerprint density at radius 1 is 1.14 bits per heavy atom. The highest BCUT2D eigenvalue weighted by molar-refractivity contribution is 7.92. The average molecular weight is 557 g/mol. The Kier molecular flexibility index (Phi) is 9.49. The summed E-state index contributed by atoms with van der Waals surface area (Å²) >= 11 is 12.4. The van der Waals surface area contributed by atoms with Crippen LogP contribution < -0.4 is 14.4 Å². The number of amides is 2. The van der Waals surface area contributed by atoms with Crippen LogP contribution in [-0.2, 0) is 26.2 Å². The Morgan fingerprint density at radius 3 is 2.44 bits per heavy atom. The lowest BCUT2D eigenvalue weighted by Gasteiger charge is -2.32. The van der Waals surface area contributed by atoms with Crippen LogP contribution >= 0.6 is 23.2 Å². The van der Waals surface area contributed by atoms with Crippen LogP contribution in [0.3, 0.4) is 0 Å². The normalized spacial score (nSPS) is 14.8. The van der Waals surface area contributed by atoms with Crippen LogP contribution in [0.1, 0.15) is 38.2 Å². The first kappa shape index (κ1) is 28.1. The molecule has 0 aromatic heterocycles. The lowest BCUT2D eigenvalue weighted by Crippen LogP contribution is -2.52. The van der Waals surface area contributed by atoms with Crippen molar-refractivity contribution in [3.63, 3.8) is 0 Å². The van der Waals surface area contributed by atoms with Gasteiger partial charge >= 0.3 is 0 Å². The van der Waals surface area contributed by atoms with E-state index in [1.807, 2.05) is 6.07 Å². The van der Waals surface area contributed by atoms with E-state index >= 15 is 0 Å². The molecule has 0 unspecified atom stereocenters. The van der Waals surface area contributed by atoms with E-state index in [0.29, 0.717) is 5.75 Å². The van der Waals surface area contributed by atoms with E-state index in [2.05, 4.69) is 5.32 Å². The first-order valence-electron chi connectivity index (χ1n) is 11.7. The van der Waals surface area contributed by atoms with Crippen molar-refractivity contribution in [3.05, 3.63) is 58.1 Å². The minimum Gasteiger partial charge on any atom is -0.497 e. The number of carbonyl (C=O) groups is 2. The molecule has 2 aromatic rings. The standard InChI is InChI=1S/C25H31Cl2N3O5S/c1-17(25(32)28-19-9-4-5-10-19)29(15-18-8-6-11-20(14-18)35-2)23(31)16-30(36(3,33)34)22-13-7-12-21(26)24(22)27/h6-8,11-14,17,19H,4-5,9-10,15-16H2,1-3H3,(H,28,32)/t17-/m0/s1. The zero-order chi connectivity index (χ0) is 26.5. The van der Waals surface area contributed by atoms with Gasteiger partial charge in [-0.05, 0) is 49.6 Å². The van der Waals surface area contributed by atoms with Gasteiger partial charge in [0.1, 0.15) is 18.3 Å². The van der Waals surface area contributed by atoms with Crippen molar-refractivity contribution in [1.29, 1.82) is 0 Å². The summed E-state index contributed by atoms with van der Waals surface area (Å²) in [6.45, 7) is 1.17. The van der Waals surface area contributed by atoms with Crippen molar-refractivity contribution in [2.45, 2.75) is 51.2 Å². The second-order valence-corrected chi connectivity index (χ2v) is 11.6. The van der Waals surface area contributed by atoms with Crippen LogP contribution in [0.4, 0.5) is 5.69 Å². The Morgan fingerprint density at radius 2 is 1.81 bits per heavy atom. The molecule has 1 saturated carbocycles. The van der Waals surface area contributed by atoms with Gasteiger partial charge in [-0.3, -0.25) is 13.9 Å². The molecule has 0 heterocycles. The molecule has 1 fully saturated rings. The zero-order valence-corrected chi connectivity index (χ0v) is 22.9. The molecule has 1 N–H and O–H groups in total. The third kappa shape index (κ3) is 7.05.